The van der Waals surface area contributed by atoms with Crippen LogP contribution in [0.1, 0.15) is 65.6 Å². The van der Waals surface area contributed by atoms with Gasteiger partial charge in [-0.15, -0.1) is 0 Å². The minimum absolute atomic E-state index is 0.153. The first-order chi connectivity index (χ1) is 19.1. The van der Waals surface area contributed by atoms with Crippen LogP contribution in [0.25, 0.3) is 0 Å². The molecule has 2 aromatic carbocycles. The van der Waals surface area contributed by atoms with Crippen molar-refractivity contribution < 1.29 is 19.5 Å². The first kappa shape index (κ1) is 30.1. The third kappa shape index (κ3) is 7.43. The fourth-order valence-corrected chi connectivity index (χ4v) is 6.41. The largest absolute Gasteiger partial charge is 0.465 e. The van der Waals surface area contributed by atoms with Gasteiger partial charge < -0.3 is 14.9 Å². The van der Waals surface area contributed by atoms with Crippen LogP contribution in [0, 0.1) is 32.6 Å². The number of nitrogens with zero attached hydrogens (tertiary/aromatic N) is 3. The summed E-state index contributed by atoms with van der Waals surface area (Å²) in [5.74, 6) is 1.60. The number of aryl methyl sites for hydroxylation is 3. The molecule has 0 radical (unpaired) electrons. The molecule has 1 N–H and O–H groups in total. The van der Waals surface area contributed by atoms with Crippen LogP contribution in [0.15, 0.2) is 36.4 Å². The SMILES string of the molecule is Cc1ccc(N(CCCN2CC3CN(C(=O)c4c(C)cccc4C)CC3C2)C(=O)O)cc1Cl.O=C1CCCCC1. The monoisotopic (exact) mass is 567 g/mol. The molecule has 0 aromatic heterocycles. The normalized spacial score (nSPS) is 20.6. The molecule has 7 nitrogen and oxygen atoms in total. The summed E-state index contributed by atoms with van der Waals surface area (Å²) < 4.78 is 0. The summed E-state index contributed by atoms with van der Waals surface area (Å²) in [5.41, 5.74) is 4.46. The van der Waals surface area contributed by atoms with E-state index in [4.69, 9.17) is 11.6 Å². The van der Waals surface area contributed by atoms with Gasteiger partial charge in [0.15, 0.2) is 0 Å². The molecule has 3 fully saturated rings. The lowest BCUT2D eigenvalue weighted by atomic mass is 10.00. The van der Waals surface area contributed by atoms with Gasteiger partial charge in [0.1, 0.15) is 5.78 Å². The van der Waals surface area contributed by atoms with E-state index >= 15 is 0 Å². The second-order valence-corrected chi connectivity index (χ2v) is 12.0. The number of Topliss-reactive ketones (excluding diaryl/α,β-unsaturated/α-hetero) is 1. The molecule has 1 saturated carbocycles. The number of anilines is 1. The molecule has 2 unspecified atom stereocenters. The smallest absolute Gasteiger partial charge is 0.411 e. The molecule has 2 saturated heterocycles. The number of benzene rings is 2. The molecule has 1 aliphatic carbocycles. The second-order valence-electron chi connectivity index (χ2n) is 11.6. The Hall–Kier alpha value is -2.90. The fourth-order valence-electron chi connectivity index (χ4n) is 6.23. The maximum absolute atomic E-state index is 13.1. The third-order valence-corrected chi connectivity index (χ3v) is 8.92. The Bertz CT molecular complexity index is 1190. The van der Waals surface area contributed by atoms with Gasteiger partial charge in [-0.1, -0.05) is 42.3 Å². The summed E-state index contributed by atoms with van der Waals surface area (Å²) >= 11 is 6.19. The van der Waals surface area contributed by atoms with Crippen molar-refractivity contribution in [2.45, 2.75) is 59.3 Å². The summed E-state index contributed by atoms with van der Waals surface area (Å²) in [6, 6.07) is 11.4. The lowest BCUT2D eigenvalue weighted by Gasteiger charge is -2.24. The van der Waals surface area contributed by atoms with Gasteiger partial charge in [-0.05, 0) is 87.2 Å². The second kappa shape index (κ2) is 13.6. The molecule has 0 bridgehead atoms. The van der Waals surface area contributed by atoms with Crippen LogP contribution in [-0.2, 0) is 4.79 Å². The van der Waals surface area contributed by atoms with E-state index in [-0.39, 0.29) is 5.91 Å². The number of fused-ring (bicyclic) bond motifs is 1. The number of ketones is 1. The molecular formula is C32H42ClN3O4. The van der Waals surface area contributed by atoms with Crippen molar-refractivity contribution >= 4 is 35.1 Å². The van der Waals surface area contributed by atoms with Gasteiger partial charge in [0, 0.05) is 61.8 Å². The molecule has 2 atom stereocenters. The Morgan fingerprint density at radius 1 is 0.925 bits per heavy atom. The molecular weight excluding hydrogens is 526 g/mol. The van der Waals surface area contributed by atoms with E-state index in [2.05, 4.69) is 4.90 Å². The number of carboxylic acid groups (broad SMARTS) is 1. The molecule has 40 heavy (non-hydrogen) atoms. The highest BCUT2D eigenvalue weighted by molar-refractivity contribution is 6.31. The van der Waals surface area contributed by atoms with Crippen LogP contribution in [-0.4, -0.2) is 72.0 Å². The zero-order valence-corrected chi connectivity index (χ0v) is 24.8. The van der Waals surface area contributed by atoms with Crippen molar-refractivity contribution in [3.63, 3.8) is 0 Å². The first-order valence-electron chi connectivity index (χ1n) is 14.5. The highest BCUT2D eigenvalue weighted by atomic mass is 35.5. The van der Waals surface area contributed by atoms with Gasteiger partial charge in [0.2, 0.25) is 0 Å². The van der Waals surface area contributed by atoms with Crippen LogP contribution >= 0.6 is 11.6 Å². The summed E-state index contributed by atoms with van der Waals surface area (Å²) in [6.07, 6.45) is 5.03. The minimum atomic E-state index is -0.964. The lowest BCUT2D eigenvalue weighted by molar-refractivity contribution is -0.120. The average molecular weight is 568 g/mol. The van der Waals surface area contributed by atoms with Gasteiger partial charge in [-0.25, -0.2) is 4.79 Å². The summed E-state index contributed by atoms with van der Waals surface area (Å²) in [7, 11) is 0. The van der Waals surface area contributed by atoms with E-state index in [1.54, 1.807) is 12.1 Å². The molecule has 0 spiro atoms. The number of halogens is 1. The number of rotatable bonds is 6. The Balaban J connectivity index is 0.000000461. The van der Waals surface area contributed by atoms with Crippen LogP contribution in [0.4, 0.5) is 10.5 Å². The number of hydrogen-bond acceptors (Lipinski definition) is 4. The topological polar surface area (TPSA) is 81.2 Å². The summed E-state index contributed by atoms with van der Waals surface area (Å²) in [5, 5.41) is 10.2. The van der Waals surface area contributed by atoms with E-state index in [1.165, 1.54) is 11.3 Å². The molecule has 2 heterocycles. The number of carbonyl (C=O) groups excluding carboxylic acids is 2. The van der Waals surface area contributed by atoms with Gasteiger partial charge in [0.25, 0.3) is 5.91 Å². The number of carbonyl (C=O) groups is 3. The number of amides is 2. The van der Waals surface area contributed by atoms with Crippen molar-refractivity contribution in [3.8, 4) is 0 Å². The Labute approximate surface area is 243 Å². The zero-order chi connectivity index (χ0) is 28.8. The number of hydrogen-bond donors (Lipinski definition) is 1. The third-order valence-electron chi connectivity index (χ3n) is 8.51. The van der Waals surface area contributed by atoms with Crippen LogP contribution < -0.4 is 4.90 Å². The Morgan fingerprint density at radius 2 is 1.55 bits per heavy atom. The van der Waals surface area contributed by atoms with Crippen LogP contribution in [0.5, 0.6) is 0 Å². The molecule has 3 aliphatic rings. The van der Waals surface area contributed by atoms with Gasteiger partial charge in [0.05, 0.1) is 0 Å². The maximum atomic E-state index is 13.1. The van der Waals surface area contributed by atoms with Crippen molar-refractivity contribution in [2.24, 2.45) is 11.8 Å². The van der Waals surface area contributed by atoms with Crippen molar-refractivity contribution in [1.82, 2.24) is 9.80 Å². The summed E-state index contributed by atoms with van der Waals surface area (Å²) in [4.78, 5) is 41.2. The standard InChI is InChI=1S/C26H32ClN3O3.C6H10O/c1-17-8-9-22(12-23(17)27)30(26(32)33)11-5-10-28-13-20-15-29(16-21(20)14-28)25(31)24-18(2)6-4-7-19(24)3;7-6-4-2-1-3-5-6/h4,6-9,12,20-21H,5,10-11,13-16H2,1-3H3,(H,32,33);1-5H2. The summed E-state index contributed by atoms with van der Waals surface area (Å²) in [6.45, 7) is 10.7. The van der Waals surface area contributed by atoms with E-state index in [9.17, 15) is 19.5 Å². The molecule has 8 heteroatoms. The Morgan fingerprint density at radius 3 is 2.08 bits per heavy atom. The molecule has 2 aliphatic heterocycles. The maximum Gasteiger partial charge on any atom is 0.411 e. The predicted octanol–water partition coefficient (Wildman–Crippen LogP) is 6.36. The van der Waals surface area contributed by atoms with Crippen molar-refractivity contribution in [3.05, 3.63) is 63.7 Å². The molecule has 5 rings (SSSR count). The highest BCUT2D eigenvalue weighted by Crippen LogP contribution is 2.33. The van der Waals surface area contributed by atoms with Gasteiger partial charge >= 0.3 is 6.09 Å². The average Bonchev–Trinajstić information content (AvgIpc) is 3.48. The van der Waals surface area contributed by atoms with E-state index in [0.717, 1.165) is 87.1 Å². The van der Waals surface area contributed by atoms with Gasteiger partial charge in [-0.3, -0.25) is 14.5 Å². The van der Waals surface area contributed by atoms with Crippen LogP contribution in [0.2, 0.25) is 5.02 Å². The van der Waals surface area contributed by atoms with E-state index in [0.29, 0.717) is 34.9 Å². The van der Waals surface area contributed by atoms with Crippen molar-refractivity contribution in [2.75, 3.05) is 44.2 Å². The Kier molecular flexibility index (Phi) is 10.3. The molecule has 2 aromatic rings. The van der Waals surface area contributed by atoms with E-state index < -0.39 is 6.09 Å². The molecule has 216 valence electrons. The van der Waals surface area contributed by atoms with Crippen LogP contribution in [0.3, 0.4) is 0 Å². The van der Waals surface area contributed by atoms with Gasteiger partial charge in [-0.2, -0.15) is 0 Å². The quantitative estimate of drug-likeness (QED) is 0.439. The van der Waals surface area contributed by atoms with Crippen molar-refractivity contribution in [1.29, 1.82) is 0 Å². The zero-order valence-electron chi connectivity index (χ0n) is 24.0. The minimum Gasteiger partial charge on any atom is -0.465 e. The number of likely N-dealkylation sites (tertiary alicyclic amines) is 2. The predicted molar refractivity (Wildman–Crippen MR) is 160 cm³/mol. The highest BCUT2D eigenvalue weighted by Gasteiger charge is 2.41. The van der Waals surface area contributed by atoms with E-state index in [1.807, 2.05) is 49.9 Å². The lowest BCUT2D eigenvalue weighted by Crippen LogP contribution is -2.35. The fraction of sp³-hybridized carbons (Fsp3) is 0.531. The first-order valence-corrected chi connectivity index (χ1v) is 14.9. The molecule has 2 amide bonds.